The Hall–Kier alpha value is -2.95. The molecule has 0 saturated carbocycles. The van der Waals surface area contributed by atoms with E-state index in [1.165, 1.54) is 0 Å². The molecular formula is C23H27NO4. The van der Waals surface area contributed by atoms with Crippen molar-refractivity contribution in [1.29, 1.82) is 0 Å². The second-order valence-corrected chi connectivity index (χ2v) is 7.71. The van der Waals surface area contributed by atoms with Gasteiger partial charge in [-0.3, -0.25) is 14.4 Å². The maximum Gasteiger partial charge on any atom is 0.229 e. The van der Waals surface area contributed by atoms with Gasteiger partial charge in [-0.05, 0) is 55.5 Å². The van der Waals surface area contributed by atoms with Gasteiger partial charge in [-0.2, -0.15) is 0 Å². The fourth-order valence-corrected chi connectivity index (χ4v) is 2.45. The van der Waals surface area contributed by atoms with E-state index in [-0.39, 0.29) is 17.5 Å². The molecular weight excluding hydrogens is 354 g/mol. The highest BCUT2D eigenvalue weighted by molar-refractivity contribution is 6.00. The monoisotopic (exact) mass is 381 g/mol. The molecule has 1 N–H and O–H groups in total. The Labute approximate surface area is 166 Å². The zero-order valence-corrected chi connectivity index (χ0v) is 17.0. The third-order valence-electron chi connectivity index (χ3n) is 4.29. The molecule has 0 aliphatic carbocycles. The SMILES string of the molecule is CCC(=O)c1ccc(O[C@H](C)C(=O)c2ccc(NC(=O)C(C)(C)C)cc2)cc1. The minimum Gasteiger partial charge on any atom is -0.483 e. The van der Waals surface area contributed by atoms with E-state index in [0.29, 0.717) is 29.0 Å². The Morgan fingerprint density at radius 1 is 0.929 bits per heavy atom. The number of nitrogens with one attached hydrogen (secondary N) is 1. The second-order valence-electron chi connectivity index (χ2n) is 7.71. The maximum absolute atomic E-state index is 12.6. The van der Waals surface area contributed by atoms with Crippen molar-refractivity contribution in [2.24, 2.45) is 5.41 Å². The van der Waals surface area contributed by atoms with Crippen molar-refractivity contribution in [3.63, 3.8) is 0 Å². The number of carbonyl (C=O) groups is 3. The predicted molar refractivity (Wildman–Crippen MR) is 110 cm³/mol. The lowest BCUT2D eigenvalue weighted by atomic mass is 9.95. The Morgan fingerprint density at radius 2 is 1.46 bits per heavy atom. The number of carbonyl (C=O) groups excluding carboxylic acids is 3. The van der Waals surface area contributed by atoms with Crippen LogP contribution in [0.25, 0.3) is 0 Å². The standard InChI is InChI=1S/C23H27NO4/c1-6-20(25)16-9-13-19(14-10-16)28-15(2)21(26)17-7-11-18(12-8-17)24-22(27)23(3,4)5/h7-15H,6H2,1-5H3,(H,24,27)/t15-/m1/s1. The van der Waals surface area contributed by atoms with Gasteiger partial charge >= 0.3 is 0 Å². The van der Waals surface area contributed by atoms with E-state index < -0.39 is 11.5 Å². The van der Waals surface area contributed by atoms with Gasteiger partial charge in [0.15, 0.2) is 11.9 Å². The largest absolute Gasteiger partial charge is 0.483 e. The zero-order valence-electron chi connectivity index (χ0n) is 17.0. The topological polar surface area (TPSA) is 72.5 Å². The molecule has 2 aromatic carbocycles. The lowest BCUT2D eigenvalue weighted by Gasteiger charge is -2.18. The molecule has 0 fully saturated rings. The van der Waals surface area contributed by atoms with Crippen molar-refractivity contribution in [2.75, 3.05) is 5.32 Å². The summed E-state index contributed by atoms with van der Waals surface area (Å²) in [6, 6.07) is 13.5. The van der Waals surface area contributed by atoms with E-state index in [9.17, 15) is 14.4 Å². The minimum absolute atomic E-state index is 0.0642. The summed E-state index contributed by atoms with van der Waals surface area (Å²) in [6.07, 6.45) is -0.232. The molecule has 0 saturated heterocycles. The summed E-state index contributed by atoms with van der Waals surface area (Å²) in [6.45, 7) is 9.01. The fourth-order valence-electron chi connectivity index (χ4n) is 2.45. The highest BCUT2D eigenvalue weighted by Crippen LogP contribution is 2.20. The van der Waals surface area contributed by atoms with Crippen LogP contribution in [0, 0.1) is 5.41 Å². The molecule has 1 amide bonds. The number of hydrogen-bond acceptors (Lipinski definition) is 4. The van der Waals surface area contributed by atoms with Gasteiger partial charge in [0.05, 0.1) is 0 Å². The molecule has 0 bridgehead atoms. The summed E-state index contributed by atoms with van der Waals surface area (Å²) < 4.78 is 5.71. The lowest BCUT2D eigenvalue weighted by molar-refractivity contribution is -0.123. The summed E-state index contributed by atoms with van der Waals surface area (Å²) >= 11 is 0. The van der Waals surface area contributed by atoms with E-state index in [1.807, 2.05) is 27.7 Å². The molecule has 0 aliphatic rings. The molecule has 5 heteroatoms. The Kier molecular flexibility index (Phi) is 6.73. The number of ketones is 2. The third kappa shape index (κ3) is 5.52. The lowest BCUT2D eigenvalue weighted by Crippen LogP contribution is -2.27. The normalized spacial score (nSPS) is 12.2. The van der Waals surface area contributed by atoms with Crippen LogP contribution in [0.5, 0.6) is 5.75 Å². The summed E-state index contributed by atoms with van der Waals surface area (Å²) in [5.41, 5.74) is 1.27. The molecule has 0 spiro atoms. The summed E-state index contributed by atoms with van der Waals surface area (Å²) in [4.78, 5) is 36.3. The van der Waals surface area contributed by atoms with Crippen LogP contribution in [0.1, 0.15) is 61.8 Å². The van der Waals surface area contributed by atoms with Gasteiger partial charge in [-0.25, -0.2) is 0 Å². The number of anilines is 1. The van der Waals surface area contributed by atoms with Crippen molar-refractivity contribution in [1.82, 2.24) is 0 Å². The van der Waals surface area contributed by atoms with Crippen molar-refractivity contribution >= 4 is 23.2 Å². The number of Topliss-reactive ketones (excluding diaryl/α,β-unsaturated/α-hetero) is 2. The first-order chi connectivity index (χ1) is 13.1. The van der Waals surface area contributed by atoms with E-state index >= 15 is 0 Å². The van der Waals surface area contributed by atoms with Crippen molar-refractivity contribution in [3.8, 4) is 5.75 Å². The van der Waals surface area contributed by atoms with Crippen LogP contribution in [0.3, 0.4) is 0 Å². The zero-order chi connectivity index (χ0) is 20.9. The van der Waals surface area contributed by atoms with E-state index in [4.69, 9.17) is 4.74 Å². The molecule has 2 aromatic rings. The highest BCUT2D eigenvalue weighted by Gasteiger charge is 2.21. The van der Waals surface area contributed by atoms with Gasteiger partial charge in [0.25, 0.3) is 0 Å². The number of amides is 1. The van der Waals surface area contributed by atoms with E-state index in [2.05, 4.69) is 5.32 Å². The average molecular weight is 381 g/mol. The minimum atomic E-state index is -0.678. The van der Waals surface area contributed by atoms with E-state index in [1.54, 1.807) is 55.5 Å². The first-order valence-electron chi connectivity index (χ1n) is 9.37. The van der Waals surface area contributed by atoms with Crippen LogP contribution >= 0.6 is 0 Å². The van der Waals surface area contributed by atoms with Gasteiger partial charge in [0.1, 0.15) is 5.75 Å². The molecule has 5 nitrogen and oxygen atoms in total. The molecule has 0 aromatic heterocycles. The van der Waals surface area contributed by atoms with Crippen molar-refractivity contribution < 1.29 is 19.1 Å². The molecule has 0 unspecified atom stereocenters. The second kappa shape index (κ2) is 8.83. The molecule has 2 rings (SSSR count). The Balaban J connectivity index is 2.01. The van der Waals surface area contributed by atoms with Gasteiger partial charge in [0.2, 0.25) is 11.7 Å². The van der Waals surface area contributed by atoms with Crippen molar-refractivity contribution in [2.45, 2.75) is 47.1 Å². The van der Waals surface area contributed by atoms with Crippen LogP contribution in [0.15, 0.2) is 48.5 Å². The number of rotatable bonds is 7. The first kappa shape index (κ1) is 21.4. The highest BCUT2D eigenvalue weighted by atomic mass is 16.5. The van der Waals surface area contributed by atoms with E-state index in [0.717, 1.165) is 0 Å². The van der Waals surface area contributed by atoms with Crippen LogP contribution in [0.2, 0.25) is 0 Å². The molecule has 1 atom stereocenters. The summed E-state index contributed by atoms with van der Waals surface area (Å²) in [5.74, 6) is 0.340. The van der Waals surface area contributed by atoms with Gasteiger partial charge in [0, 0.05) is 28.7 Å². The fraction of sp³-hybridized carbons (Fsp3) is 0.348. The molecule has 0 radical (unpaired) electrons. The van der Waals surface area contributed by atoms with Gasteiger partial charge < -0.3 is 10.1 Å². The molecule has 28 heavy (non-hydrogen) atoms. The number of hydrogen-bond donors (Lipinski definition) is 1. The summed E-state index contributed by atoms with van der Waals surface area (Å²) in [5, 5.41) is 2.83. The number of benzene rings is 2. The summed E-state index contributed by atoms with van der Waals surface area (Å²) in [7, 11) is 0. The molecule has 148 valence electrons. The van der Waals surface area contributed by atoms with Crippen LogP contribution in [0.4, 0.5) is 5.69 Å². The van der Waals surface area contributed by atoms with Crippen molar-refractivity contribution in [3.05, 3.63) is 59.7 Å². The van der Waals surface area contributed by atoms with Crippen LogP contribution in [-0.2, 0) is 4.79 Å². The Bertz CT molecular complexity index is 846. The third-order valence-corrected chi connectivity index (χ3v) is 4.29. The van der Waals surface area contributed by atoms with Gasteiger partial charge in [-0.1, -0.05) is 27.7 Å². The van der Waals surface area contributed by atoms with Crippen LogP contribution in [-0.4, -0.2) is 23.6 Å². The average Bonchev–Trinajstić information content (AvgIpc) is 2.67. The predicted octanol–water partition coefficient (Wildman–Crippen LogP) is 4.91. The Morgan fingerprint density at radius 3 is 1.96 bits per heavy atom. The smallest absolute Gasteiger partial charge is 0.229 e. The maximum atomic E-state index is 12.6. The quantitative estimate of drug-likeness (QED) is 0.691. The first-order valence-corrected chi connectivity index (χ1v) is 9.37. The van der Waals surface area contributed by atoms with Crippen LogP contribution < -0.4 is 10.1 Å². The molecule has 0 heterocycles. The number of ether oxygens (including phenoxy) is 1. The van der Waals surface area contributed by atoms with Gasteiger partial charge in [-0.15, -0.1) is 0 Å². The molecule has 0 aliphatic heterocycles.